The van der Waals surface area contributed by atoms with Crippen LogP contribution in [0.4, 0.5) is 0 Å². The standard InChI is InChI=1S/C22H21ClN2O2/c1-15-2-4-16(5-3-15)20(26)25-21-8-10-22(14-21,11-9-21)27-18-7-6-17(13-24)19(23)12-18/h2-7,12H,8-11,14H2,1H3,(H,25,26). The quantitative estimate of drug-likeness (QED) is 0.829. The second-order valence-electron chi connectivity index (χ2n) is 7.82. The SMILES string of the molecule is Cc1ccc(C(=O)NC23CCC(Oc4ccc(C#N)c(Cl)c4)(CC2)C3)cc1. The lowest BCUT2D eigenvalue weighted by Crippen LogP contribution is -2.45. The fourth-order valence-corrected chi connectivity index (χ4v) is 4.59. The van der Waals surface area contributed by atoms with Crippen molar-refractivity contribution in [2.45, 2.75) is 50.2 Å². The maximum absolute atomic E-state index is 12.7. The lowest BCUT2D eigenvalue weighted by Gasteiger charge is -2.29. The van der Waals surface area contributed by atoms with Gasteiger partial charge in [0.1, 0.15) is 17.4 Å². The number of nitrogens with one attached hydrogen (secondary N) is 1. The van der Waals surface area contributed by atoms with Crippen LogP contribution in [0, 0.1) is 18.3 Å². The Kier molecular flexibility index (Phi) is 4.36. The normalized spacial score (nSPS) is 25.8. The number of halogens is 1. The van der Waals surface area contributed by atoms with Gasteiger partial charge in [-0.3, -0.25) is 4.79 Å². The predicted octanol–water partition coefficient (Wildman–Crippen LogP) is 4.78. The number of hydrogen-bond donors (Lipinski definition) is 1. The maximum atomic E-state index is 12.7. The average molecular weight is 381 g/mol. The van der Waals surface area contributed by atoms with Crippen LogP contribution in [0.2, 0.25) is 5.02 Å². The van der Waals surface area contributed by atoms with Crippen molar-refractivity contribution in [2.24, 2.45) is 0 Å². The summed E-state index contributed by atoms with van der Waals surface area (Å²) >= 11 is 6.13. The predicted molar refractivity (Wildman–Crippen MR) is 104 cm³/mol. The number of aryl methyl sites for hydroxylation is 1. The molecule has 27 heavy (non-hydrogen) atoms. The van der Waals surface area contributed by atoms with Crippen LogP contribution in [0.5, 0.6) is 5.75 Å². The Morgan fingerprint density at radius 3 is 2.48 bits per heavy atom. The molecule has 0 aliphatic heterocycles. The zero-order valence-corrected chi connectivity index (χ0v) is 16.0. The van der Waals surface area contributed by atoms with E-state index in [0.29, 0.717) is 21.9 Å². The highest BCUT2D eigenvalue weighted by molar-refractivity contribution is 6.31. The summed E-state index contributed by atoms with van der Waals surface area (Å²) in [5.41, 5.74) is 1.81. The molecule has 2 bridgehead atoms. The van der Waals surface area contributed by atoms with E-state index in [-0.39, 0.29) is 17.0 Å². The Morgan fingerprint density at radius 1 is 1.15 bits per heavy atom. The molecule has 0 saturated heterocycles. The molecule has 0 radical (unpaired) electrons. The third-order valence-corrected chi connectivity index (χ3v) is 6.18. The van der Waals surface area contributed by atoms with E-state index in [0.717, 1.165) is 37.7 Å². The summed E-state index contributed by atoms with van der Waals surface area (Å²) in [5, 5.41) is 12.7. The van der Waals surface area contributed by atoms with Gasteiger partial charge in [-0.15, -0.1) is 0 Å². The van der Waals surface area contributed by atoms with Crippen LogP contribution < -0.4 is 10.1 Å². The molecule has 2 aromatic rings. The summed E-state index contributed by atoms with van der Waals surface area (Å²) in [4.78, 5) is 12.7. The molecule has 5 heteroatoms. The molecule has 4 rings (SSSR count). The minimum atomic E-state index is -0.266. The van der Waals surface area contributed by atoms with Gasteiger partial charge in [-0.05, 0) is 56.9 Å². The Hall–Kier alpha value is -2.51. The van der Waals surface area contributed by atoms with E-state index in [1.807, 2.05) is 31.2 Å². The lowest BCUT2D eigenvalue weighted by molar-refractivity contribution is 0.0803. The van der Waals surface area contributed by atoms with E-state index in [1.54, 1.807) is 18.2 Å². The van der Waals surface area contributed by atoms with Gasteiger partial charge >= 0.3 is 0 Å². The number of amides is 1. The highest BCUT2D eigenvalue weighted by atomic mass is 35.5. The van der Waals surface area contributed by atoms with Crippen LogP contribution in [-0.4, -0.2) is 17.0 Å². The number of carbonyl (C=O) groups excluding carboxylic acids is 1. The molecule has 4 nitrogen and oxygen atoms in total. The molecule has 0 spiro atoms. The number of carbonyl (C=O) groups is 1. The number of rotatable bonds is 4. The molecule has 0 atom stereocenters. The van der Waals surface area contributed by atoms with E-state index in [9.17, 15) is 4.79 Å². The van der Waals surface area contributed by atoms with E-state index in [2.05, 4.69) is 11.4 Å². The third-order valence-electron chi connectivity index (χ3n) is 5.87. The number of ether oxygens (including phenoxy) is 1. The summed E-state index contributed by atoms with van der Waals surface area (Å²) in [6, 6.07) is 14.9. The van der Waals surface area contributed by atoms with Crippen molar-refractivity contribution in [3.63, 3.8) is 0 Å². The van der Waals surface area contributed by atoms with E-state index >= 15 is 0 Å². The lowest BCUT2D eigenvalue weighted by atomic mass is 9.92. The molecule has 2 saturated carbocycles. The second kappa shape index (κ2) is 6.58. The summed E-state index contributed by atoms with van der Waals surface area (Å²) < 4.78 is 6.32. The van der Waals surface area contributed by atoms with Crippen LogP contribution >= 0.6 is 11.6 Å². The van der Waals surface area contributed by atoms with Crippen molar-refractivity contribution < 1.29 is 9.53 Å². The Labute approximate surface area is 164 Å². The average Bonchev–Trinajstić information content (AvgIpc) is 3.17. The minimum absolute atomic E-state index is 0.0193. The molecular weight excluding hydrogens is 360 g/mol. The van der Waals surface area contributed by atoms with Crippen LogP contribution in [0.15, 0.2) is 42.5 Å². The molecule has 138 valence electrons. The highest BCUT2D eigenvalue weighted by Crippen LogP contribution is 2.52. The molecule has 0 heterocycles. The zero-order valence-electron chi connectivity index (χ0n) is 15.2. The molecule has 0 unspecified atom stereocenters. The summed E-state index contributed by atoms with van der Waals surface area (Å²) in [5.74, 6) is 0.663. The largest absolute Gasteiger partial charge is 0.487 e. The number of nitriles is 1. The van der Waals surface area contributed by atoms with Crippen molar-refractivity contribution in [3.8, 4) is 11.8 Å². The first kappa shape index (κ1) is 17.9. The fourth-order valence-electron chi connectivity index (χ4n) is 4.38. The first-order valence-electron chi connectivity index (χ1n) is 9.21. The molecule has 2 aliphatic carbocycles. The topological polar surface area (TPSA) is 62.1 Å². The molecule has 2 aliphatic rings. The van der Waals surface area contributed by atoms with Gasteiger partial charge in [-0.2, -0.15) is 5.26 Å². The number of benzene rings is 2. The van der Waals surface area contributed by atoms with Gasteiger partial charge in [0.25, 0.3) is 5.91 Å². The summed E-state index contributed by atoms with van der Waals surface area (Å²) in [6.45, 7) is 2.01. The molecule has 0 aromatic heterocycles. The highest BCUT2D eigenvalue weighted by Gasteiger charge is 2.56. The molecule has 1 N–H and O–H groups in total. The van der Waals surface area contributed by atoms with Crippen molar-refractivity contribution in [2.75, 3.05) is 0 Å². The van der Waals surface area contributed by atoms with Crippen LogP contribution in [0.25, 0.3) is 0 Å². The van der Waals surface area contributed by atoms with E-state index in [1.165, 1.54) is 0 Å². The van der Waals surface area contributed by atoms with Crippen molar-refractivity contribution in [1.82, 2.24) is 5.32 Å². The Bertz CT molecular complexity index is 922. The molecule has 1 amide bonds. The Morgan fingerprint density at radius 2 is 1.85 bits per heavy atom. The summed E-state index contributed by atoms with van der Waals surface area (Å²) in [7, 11) is 0. The smallest absolute Gasteiger partial charge is 0.251 e. The van der Waals surface area contributed by atoms with Gasteiger partial charge in [-0.1, -0.05) is 29.3 Å². The van der Waals surface area contributed by atoms with Gasteiger partial charge in [0.15, 0.2) is 0 Å². The zero-order chi connectivity index (χ0) is 19.1. The monoisotopic (exact) mass is 380 g/mol. The second-order valence-corrected chi connectivity index (χ2v) is 8.22. The third kappa shape index (κ3) is 3.40. The van der Waals surface area contributed by atoms with Crippen LogP contribution in [-0.2, 0) is 0 Å². The number of fused-ring (bicyclic) bond motifs is 2. The minimum Gasteiger partial charge on any atom is -0.487 e. The van der Waals surface area contributed by atoms with Gasteiger partial charge in [0.2, 0.25) is 0 Å². The van der Waals surface area contributed by atoms with E-state index < -0.39 is 0 Å². The summed E-state index contributed by atoms with van der Waals surface area (Å²) in [6.07, 6.45) is 4.43. The van der Waals surface area contributed by atoms with Crippen molar-refractivity contribution in [3.05, 3.63) is 64.2 Å². The first-order chi connectivity index (χ1) is 12.9. The first-order valence-corrected chi connectivity index (χ1v) is 9.58. The molecule has 2 fully saturated rings. The van der Waals surface area contributed by atoms with E-state index in [4.69, 9.17) is 21.6 Å². The van der Waals surface area contributed by atoms with Crippen molar-refractivity contribution >= 4 is 17.5 Å². The maximum Gasteiger partial charge on any atom is 0.251 e. The van der Waals surface area contributed by atoms with Crippen LogP contribution in [0.3, 0.4) is 0 Å². The van der Waals surface area contributed by atoms with Crippen molar-refractivity contribution in [1.29, 1.82) is 5.26 Å². The van der Waals surface area contributed by atoms with Gasteiger partial charge in [-0.25, -0.2) is 0 Å². The fraction of sp³-hybridized carbons (Fsp3) is 0.364. The number of nitrogens with zero attached hydrogens (tertiary/aromatic N) is 1. The Balaban J connectivity index is 1.46. The van der Waals surface area contributed by atoms with Crippen LogP contribution in [0.1, 0.15) is 53.6 Å². The molecule has 2 aromatic carbocycles. The van der Waals surface area contributed by atoms with Gasteiger partial charge < -0.3 is 10.1 Å². The molecular formula is C22H21ClN2O2. The number of hydrogen-bond acceptors (Lipinski definition) is 3. The van der Waals surface area contributed by atoms with Gasteiger partial charge in [0, 0.05) is 23.6 Å². The van der Waals surface area contributed by atoms with Gasteiger partial charge in [0.05, 0.1) is 10.6 Å².